The number of nitrogens with two attached hydrogens (primary N) is 1. The van der Waals surface area contributed by atoms with E-state index in [1.807, 2.05) is 25.1 Å². The van der Waals surface area contributed by atoms with Crippen LogP contribution in [0.4, 0.5) is 0 Å². The first-order valence-electron chi connectivity index (χ1n) is 6.57. The predicted molar refractivity (Wildman–Crippen MR) is 84.7 cm³/mol. The Morgan fingerprint density at radius 1 is 1.40 bits per heavy atom. The van der Waals surface area contributed by atoms with Crippen LogP contribution in [0, 0.1) is 0 Å². The van der Waals surface area contributed by atoms with Crippen LogP contribution in [-0.2, 0) is 5.75 Å². The van der Waals surface area contributed by atoms with Crippen molar-refractivity contribution in [3.05, 3.63) is 40.5 Å². The molecule has 1 aromatic heterocycles. The lowest BCUT2D eigenvalue weighted by molar-refractivity contribution is 0.337. The number of halogens is 1. The van der Waals surface area contributed by atoms with Gasteiger partial charge in [-0.15, -0.1) is 11.8 Å². The molecule has 2 N–H and O–H groups in total. The smallest absolute Gasteiger partial charge is 0.231 e. The van der Waals surface area contributed by atoms with E-state index in [9.17, 15) is 0 Å². The summed E-state index contributed by atoms with van der Waals surface area (Å²) in [6.07, 6.45) is 0.893. The number of thioether (sulfide) groups is 1. The molecule has 0 fully saturated rings. The molecule has 0 bridgehead atoms. The molecule has 2 rings (SSSR count). The first kappa shape index (κ1) is 15.5. The van der Waals surface area contributed by atoms with Crippen LogP contribution < -0.4 is 5.73 Å². The van der Waals surface area contributed by atoms with Crippen molar-refractivity contribution >= 4 is 27.7 Å². The average molecular weight is 356 g/mol. The monoisotopic (exact) mass is 355 g/mol. The maximum absolute atomic E-state index is 6.00. The topological polar surface area (TPSA) is 64.9 Å². The van der Waals surface area contributed by atoms with E-state index in [1.165, 1.54) is 0 Å². The normalized spacial score (nSPS) is 14.2. The van der Waals surface area contributed by atoms with Gasteiger partial charge in [0.15, 0.2) is 5.82 Å². The molecule has 0 aliphatic rings. The fourth-order valence-corrected chi connectivity index (χ4v) is 3.16. The minimum Gasteiger partial charge on any atom is -0.339 e. The van der Waals surface area contributed by atoms with Crippen LogP contribution in [0.3, 0.4) is 0 Å². The molecule has 20 heavy (non-hydrogen) atoms. The van der Waals surface area contributed by atoms with Crippen LogP contribution >= 0.6 is 27.7 Å². The summed E-state index contributed by atoms with van der Waals surface area (Å²) in [7, 11) is 0. The zero-order valence-electron chi connectivity index (χ0n) is 11.5. The minimum atomic E-state index is 0.0548. The molecule has 0 aliphatic carbocycles. The molecule has 0 radical (unpaired) electrons. The summed E-state index contributed by atoms with van der Waals surface area (Å²) in [4.78, 5) is 5.59. The highest BCUT2D eigenvalue weighted by Crippen LogP contribution is 2.29. The second-order valence-electron chi connectivity index (χ2n) is 4.63. The largest absolute Gasteiger partial charge is 0.339 e. The minimum absolute atomic E-state index is 0.0548. The van der Waals surface area contributed by atoms with Crippen LogP contribution in [0.25, 0.3) is 0 Å². The number of nitrogens with zero attached hydrogens (tertiary/aromatic N) is 2. The van der Waals surface area contributed by atoms with Crippen LogP contribution in [0.5, 0.6) is 0 Å². The van der Waals surface area contributed by atoms with E-state index in [0.29, 0.717) is 17.5 Å². The van der Waals surface area contributed by atoms with E-state index in [1.54, 1.807) is 11.8 Å². The van der Waals surface area contributed by atoms with Gasteiger partial charge in [-0.3, -0.25) is 0 Å². The highest BCUT2D eigenvalue weighted by atomic mass is 79.9. The quantitative estimate of drug-likeness (QED) is 0.794. The highest BCUT2D eigenvalue weighted by molar-refractivity contribution is 9.10. The fraction of sp³-hybridized carbons (Fsp3) is 0.429. The SMILES string of the molecule is CCC(N)C(C)c1nc(CSc2ccccc2Br)no1. The molecular weight excluding hydrogens is 338 g/mol. The molecule has 2 atom stereocenters. The summed E-state index contributed by atoms with van der Waals surface area (Å²) in [5.41, 5.74) is 6.00. The van der Waals surface area contributed by atoms with E-state index in [-0.39, 0.29) is 12.0 Å². The second-order valence-corrected chi connectivity index (χ2v) is 6.50. The van der Waals surface area contributed by atoms with Crippen molar-refractivity contribution in [3.63, 3.8) is 0 Å². The van der Waals surface area contributed by atoms with Gasteiger partial charge >= 0.3 is 0 Å². The van der Waals surface area contributed by atoms with E-state index < -0.39 is 0 Å². The molecule has 1 heterocycles. The molecule has 0 amide bonds. The summed E-state index contributed by atoms with van der Waals surface area (Å²) in [6, 6.07) is 8.14. The van der Waals surface area contributed by atoms with Crippen molar-refractivity contribution in [2.75, 3.05) is 0 Å². The fourth-order valence-electron chi connectivity index (χ4n) is 1.75. The highest BCUT2D eigenvalue weighted by Gasteiger charge is 2.19. The first-order chi connectivity index (χ1) is 9.61. The van der Waals surface area contributed by atoms with Crippen molar-refractivity contribution in [1.82, 2.24) is 10.1 Å². The molecule has 1 aromatic carbocycles. The Hall–Kier alpha value is -0.850. The van der Waals surface area contributed by atoms with Gasteiger partial charge in [0.25, 0.3) is 0 Å². The Morgan fingerprint density at radius 3 is 2.85 bits per heavy atom. The van der Waals surface area contributed by atoms with Crippen LogP contribution in [-0.4, -0.2) is 16.2 Å². The summed E-state index contributed by atoms with van der Waals surface area (Å²) in [5, 5.41) is 4.02. The Labute approximate surface area is 131 Å². The van der Waals surface area contributed by atoms with Crippen LogP contribution in [0.1, 0.15) is 37.9 Å². The molecule has 0 saturated heterocycles. The summed E-state index contributed by atoms with van der Waals surface area (Å²) in [6.45, 7) is 4.08. The molecule has 2 aromatic rings. The van der Waals surface area contributed by atoms with E-state index in [2.05, 4.69) is 39.1 Å². The first-order valence-corrected chi connectivity index (χ1v) is 8.35. The molecule has 0 saturated carbocycles. The molecular formula is C14H18BrN3OS. The Balaban J connectivity index is 1.98. The summed E-state index contributed by atoms with van der Waals surface area (Å²) < 4.78 is 6.38. The van der Waals surface area contributed by atoms with E-state index >= 15 is 0 Å². The third-order valence-corrected chi connectivity index (χ3v) is 5.20. The van der Waals surface area contributed by atoms with Gasteiger partial charge in [-0.1, -0.05) is 31.1 Å². The molecule has 4 nitrogen and oxygen atoms in total. The molecule has 108 valence electrons. The lowest BCUT2D eigenvalue weighted by atomic mass is 10.0. The summed E-state index contributed by atoms with van der Waals surface area (Å²) in [5.74, 6) is 2.10. The number of rotatable bonds is 6. The Kier molecular flexibility index (Phi) is 5.63. The zero-order chi connectivity index (χ0) is 14.5. The van der Waals surface area contributed by atoms with Gasteiger partial charge in [-0.05, 0) is 34.5 Å². The lowest BCUT2D eigenvalue weighted by Crippen LogP contribution is -2.25. The lowest BCUT2D eigenvalue weighted by Gasteiger charge is -2.13. The van der Waals surface area contributed by atoms with Crippen molar-refractivity contribution in [2.24, 2.45) is 5.73 Å². The van der Waals surface area contributed by atoms with Crippen molar-refractivity contribution in [2.45, 2.75) is 42.9 Å². The average Bonchev–Trinajstić information content (AvgIpc) is 2.93. The van der Waals surface area contributed by atoms with Crippen LogP contribution in [0.15, 0.2) is 38.2 Å². The maximum Gasteiger partial charge on any atom is 0.231 e. The number of benzene rings is 1. The van der Waals surface area contributed by atoms with Crippen LogP contribution in [0.2, 0.25) is 0 Å². The van der Waals surface area contributed by atoms with Gasteiger partial charge in [0.05, 0.1) is 11.7 Å². The van der Waals surface area contributed by atoms with Gasteiger partial charge in [0.1, 0.15) is 0 Å². The standard InChI is InChI=1S/C14H18BrN3OS/c1-3-11(16)9(2)14-17-13(18-19-14)8-20-12-7-5-4-6-10(12)15/h4-7,9,11H,3,8,16H2,1-2H3. The zero-order valence-corrected chi connectivity index (χ0v) is 13.9. The maximum atomic E-state index is 6.00. The second kappa shape index (κ2) is 7.24. The van der Waals surface area contributed by atoms with Crippen molar-refractivity contribution < 1.29 is 4.52 Å². The van der Waals surface area contributed by atoms with Crippen molar-refractivity contribution in [3.8, 4) is 0 Å². The molecule has 2 unspecified atom stereocenters. The number of hydrogen-bond acceptors (Lipinski definition) is 5. The number of aromatic nitrogens is 2. The van der Waals surface area contributed by atoms with Crippen molar-refractivity contribution in [1.29, 1.82) is 0 Å². The Morgan fingerprint density at radius 2 is 2.15 bits per heavy atom. The number of hydrogen-bond donors (Lipinski definition) is 1. The Bertz CT molecular complexity index is 561. The third kappa shape index (κ3) is 3.84. The van der Waals surface area contributed by atoms with E-state index in [4.69, 9.17) is 10.3 Å². The molecule has 6 heteroatoms. The van der Waals surface area contributed by atoms with Gasteiger partial charge in [0, 0.05) is 15.4 Å². The van der Waals surface area contributed by atoms with E-state index in [0.717, 1.165) is 15.8 Å². The van der Waals surface area contributed by atoms with Gasteiger partial charge in [0.2, 0.25) is 5.89 Å². The van der Waals surface area contributed by atoms with Gasteiger partial charge in [-0.2, -0.15) is 4.98 Å². The van der Waals surface area contributed by atoms with Gasteiger partial charge < -0.3 is 10.3 Å². The predicted octanol–water partition coefficient (Wildman–Crippen LogP) is 3.97. The summed E-state index contributed by atoms with van der Waals surface area (Å²) >= 11 is 5.20. The third-order valence-electron chi connectivity index (χ3n) is 3.18. The van der Waals surface area contributed by atoms with Gasteiger partial charge in [-0.25, -0.2) is 0 Å². The molecule has 0 aliphatic heterocycles. The molecule has 0 spiro atoms.